The van der Waals surface area contributed by atoms with Gasteiger partial charge in [0.2, 0.25) is 0 Å². The molecule has 0 aliphatic heterocycles. The summed E-state index contributed by atoms with van der Waals surface area (Å²) in [4.78, 5) is 17.7. The summed E-state index contributed by atoms with van der Waals surface area (Å²) in [6.07, 6.45) is 3.39. The lowest BCUT2D eigenvalue weighted by Crippen LogP contribution is -2.19. The van der Waals surface area contributed by atoms with Crippen molar-refractivity contribution in [2.24, 2.45) is 0 Å². The van der Waals surface area contributed by atoms with Gasteiger partial charge in [-0.15, -0.1) is 0 Å². The van der Waals surface area contributed by atoms with E-state index in [0.29, 0.717) is 23.4 Å². The highest BCUT2D eigenvalue weighted by atomic mass is 19.1. The Labute approximate surface area is 172 Å². The molecule has 0 saturated carbocycles. The Morgan fingerprint density at radius 1 is 0.867 bits per heavy atom. The highest BCUT2D eigenvalue weighted by Crippen LogP contribution is 2.22. The molecule has 146 valence electrons. The number of aromatic nitrogens is 2. The second kappa shape index (κ2) is 7.44. The molecule has 30 heavy (non-hydrogen) atoms. The van der Waals surface area contributed by atoms with Gasteiger partial charge in [-0.1, -0.05) is 42.5 Å². The highest BCUT2D eigenvalue weighted by Gasteiger charge is 2.11. The Morgan fingerprint density at radius 3 is 2.53 bits per heavy atom. The van der Waals surface area contributed by atoms with Crippen molar-refractivity contribution in [1.29, 1.82) is 0 Å². The minimum atomic E-state index is -0.341. The summed E-state index contributed by atoms with van der Waals surface area (Å²) in [5.74, 6) is 0.189. The minimum Gasteiger partial charge on any atom is -0.365 e. The van der Waals surface area contributed by atoms with E-state index in [2.05, 4.69) is 34.6 Å². The molecule has 0 bridgehead atoms. The van der Waals surface area contributed by atoms with Crippen molar-refractivity contribution in [2.45, 2.75) is 6.54 Å². The van der Waals surface area contributed by atoms with Crippen LogP contribution in [0.15, 0.2) is 96.1 Å². The van der Waals surface area contributed by atoms with Crippen LogP contribution in [-0.4, -0.2) is 9.55 Å². The first-order valence-electron chi connectivity index (χ1n) is 9.67. The summed E-state index contributed by atoms with van der Waals surface area (Å²) >= 11 is 0. The van der Waals surface area contributed by atoms with E-state index in [0.717, 1.165) is 16.3 Å². The molecule has 0 aliphatic rings. The van der Waals surface area contributed by atoms with Gasteiger partial charge in [-0.2, -0.15) is 0 Å². The number of pyridine rings is 2. The third kappa shape index (κ3) is 3.20. The number of hydrogen-bond acceptors (Lipinski definition) is 3. The monoisotopic (exact) mass is 395 g/mol. The second-order valence-corrected chi connectivity index (χ2v) is 7.08. The number of anilines is 1. The van der Waals surface area contributed by atoms with Crippen LogP contribution in [-0.2, 0) is 6.54 Å². The first kappa shape index (κ1) is 18.1. The van der Waals surface area contributed by atoms with E-state index in [1.807, 2.05) is 30.3 Å². The van der Waals surface area contributed by atoms with E-state index < -0.39 is 0 Å². The number of nitrogens with zero attached hydrogens (tertiary/aromatic N) is 2. The van der Waals surface area contributed by atoms with Gasteiger partial charge in [0.25, 0.3) is 5.56 Å². The number of nitrogens with one attached hydrogen (secondary N) is 1. The molecule has 0 spiro atoms. The van der Waals surface area contributed by atoms with Crippen molar-refractivity contribution in [3.63, 3.8) is 0 Å². The molecule has 0 unspecified atom stereocenters. The van der Waals surface area contributed by atoms with E-state index >= 15 is 0 Å². The van der Waals surface area contributed by atoms with E-state index in [1.54, 1.807) is 24.5 Å². The molecule has 4 nitrogen and oxygen atoms in total. The fourth-order valence-corrected chi connectivity index (χ4v) is 3.75. The molecule has 0 aliphatic carbocycles. The lowest BCUT2D eigenvalue weighted by atomic mass is 10.0. The van der Waals surface area contributed by atoms with Gasteiger partial charge in [-0.05, 0) is 58.1 Å². The maximum Gasteiger partial charge on any atom is 0.266 e. The number of benzene rings is 3. The Morgan fingerprint density at radius 2 is 1.67 bits per heavy atom. The molecule has 3 aromatic carbocycles. The summed E-state index contributed by atoms with van der Waals surface area (Å²) in [6, 6.07) is 23.9. The van der Waals surface area contributed by atoms with E-state index in [-0.39, 0.29) is 11.4 Å². The zero-order chi connectivity index (χ0) is 20.5. The van der Waals surface area contributed by atoms with Crippen LogP contribution >= 0.6 is 0 Å². The average molecular weight is 395 g/mol. The maximum atomic E-state index is 13.3. The lowest BCUT2D eigenvalue weighted by Gasteiger charge is -2.12. The molecule has 5 heteroatoms. The molecule has 5 aromatic rings. The Bertz CT molecular complexity index is 1420. The summed E-state index contributed by atoms with van der Waals surface area (Å²) in [6.45, 7) is 0.540. The predicted octanol–water partition coefficient (Wildman–Crippen LogP) is 5.29. The fraction of sp³-hybridized carbons (Fsp3) is 0.0400. The fourth-order valence-electron chi connectivity index (χ4n) is 3.75. The van der Waals surface area contributed by atoms with E-state index in [1.165, 1.54) is 22.1 Å². The normalized spacial score (nSPS) is 11.1. The van der Waals surface area contributed by atoms with E-state index in [9.17, 15) is 9.18 Å². The molecule has 2 heterocycles. The van der Waals surface area contributed by atoms with Crippen molar-refractivity contribution < 1.29 is 4.39 Å². The number of hydrogen-bond donors (Lipinski definition) is 1. The Kier molecular flexibility index (Phi) is 4.48. The highest BCUT2D eigenvalue weighted by molar-refractivity contribution is 5.91. The van der Waals surface area contributed by atoms with Crippen molar-refractivity contribution in [3.8, 4) is 5.69 Å². The van der Waals surface area contributed by atoms with Crippen molar-refractivity contribution in [1.82, 2.24) is 9.55 Å². The molecule has 0 atom stereocenters. The molecule has 0 radical (unpaired) electrons. The maximum absolute atomic E-state index is 13.3. The van der Waals surface area contributed by atoms with Gasteiger partial charge < -0.3 is 5.32 Å². The van der Waals surface area contributed by atoms with Crippen molar-refractivity contribution in [2.75, 3.05) is 5.32 Å². The Hall–Kier alpha value is -3.99. The topological polar surface area (TPSA) is 46.9 Å². The van der Waals surface area contributed by atoms with Gasteiger partial charge in [0, 0.05) is 24.6 Å². The van der Waals surface area contributed by atoms with Gasteiger partial charge in [0.1, 0.15) is 11.6 Å². The SMILES string of the molecule is O=c1c2c(NCc3cccc4ccccc34)nccc2ccn1-c1ccc(F)cc1. The number of halogens is 1. The second-order valence-electron chi connectivity index (χ2n) is 7.08. The van der Waals surface area contributed by atoms with Gasteiger partial charge in [-0.25, -0.2) is 9.37 Å². The first-order valence-corrected chi connectivity index (χ1v) is 9.67. The number of fused-ring (bicyclic) bond motifs is 2. The van der Waals surface area contributed by atoms with E-state index in [4.69, 9.17) is 0 Å². The molecule has 0 fully saturated rings. The van der Waals surface area contributed by atoms with Crippen LogP contribution in [0.5, 0.6) is 0 Å². The summed E-state index contributed by atoms with van der Waals surface area (Å²) in [5, 5.41) is 6.98. The first-order chi connectivity index (χ1) is 14.7. The standard InChI is InChI=1S/C25H18FN3O/c26-20-8-10-21(11-9-20)29-15-13-18-12-14-27-24(23(18)25(29)30)28-16-19-6-3-5-17-4-1-2-7-22(17)19/h1-15H,16H2,(H,27,28). The van der Waals surface area contributed by atoms with Crippen LogP contribution in [0.1, 0.15) is 5.56 Å². The zero-order valence-corrected chi connectivity index (χ0v) is 16.0. The van der Waals surface area contributed by atoms with Crippen LogP contribution in [0.2, 0.25) is 0 Å². The van der Waals surface area contributed by atoms with Gasteiger partial charge in [-0.3, -0.25) is 9.36 Å². The van der Waals surface area contributed by atoms with Crippen LogP contribution in [0.25, 0.3) is 27.2 Å². The summed E-state index contributed by atoms with van der Waals surface area (Å²) < 4.78 is 14.8. The van der Waals surface area contributed by atoms with Gasteiger partial charge in [0.15, 0.2) is 0 Å². The molecule has 1 N–H and O–H groups in total. The zero-order valence-electron chi connectivity index (χ0n) is 16.0. The molecule has 0 amide bonds. The average Bonchev–Trinajstić information content (AvgIpc) is 2.78. The van der Waals surface area contributed by atoms with Crippen LogP contribution in [0.4, 0.5) is 10.2 Å². The summed E-state index contributed by atoms with van der Waals surface area (Å²) in [5.41, 5.74) is 1.53. The molecular formula is C25H18FN3O. The molecule has 2 aromatic heterocycles. The van der Waals surface area contributed by atoms with Crippen LogP contribution < -0.4 is 10.9 Å². The van der Waals surface area contributed by atoms with Crippen molar-refractivity contribution in [3.05, 3.63) is 113 Å². The van der Waals surface area contributed by atoms with Gasteiger partial charge >= 0.3 is 0 Å². The quantitative estimate of drug-likeness (QED) is 0.450. The van der Waals surface area contributed by atoms with Crippen LogP contribution in [0.3, 0.4) is 0 Å². The summed E-state index contributed by atoms with van der Waals surface area (Å²) in [7, 11) is 0. The Balaban J connectivity index is 1.56. The largest absolute Gasteiger partial charge is 0.365 e. The van der Waals surface area contributed by atoms with Crippen molar-refractivity contribution >= 4 is 27.4 Å². The molecular weight excluding hydrogens is 377 g/mol. The minimum absolute atomic E-state index is 0.201. The van der Waals surface area contributed by atoms with Crippen LogP contribution in [0, 0.1) is 5.82 Å². The third-order valence-corrected chi connectivity index (χ3v) is 5.25. The lowest BCUT2D eigenvalue weighted by molar-refractivity contribution is 0.627. The molecule has 0 saturated heterocycles. The number of rotatable bonds is 4. The predicted molar refractivity (Wildman–Crippen MR) is 119 cm³/mol. The third-order valence-electron chi connectivity index (χ3n) is 5.25. The van der Waals surface area contributed by atoms with Gasteiger partial charge in [0.05, 0.1) is 5.39 Å². The molecule has 5 rings (SSSR count). The smallest absolute Gasteiger partial charge is 0.266 e.